The van der Waals surface area contributed by atoms with Crippen molar-refractivity contribution in [2.45, 2.75) is 6.10 Å². The van der Waals surface area contributed by atoms with Crippen molar-refractivity contribution in [1.82, 2.24) is 0 Å². The molecule has 0 aromatic heterocycles. The first-order valence-electron chi connectivity index (χ1n) is 5.55. The number of phenolic OH excluding ortho intramolecular Hbond substituents is 1. The van der Waals surface area contributed by atoms with E-state index in [1.54, 1.807) is 18.2 Å². The van der Waals surface area contributed by atoms with Crippen LogP contribution in [0.4, 0.5) is 0 Å². The van der Waals surface area contributed by atoms with Gasteiger partial charge >= 0.3 is 5.97 Å². The molecule has 2 aromatic rings. The molecule has 0 saturated heterocycles. The van der Waals surface area contributed by atoms with E-state index in [0.29, 0.717) is 14.5 Å². The van der Waals surface area contributed by atoms with Crippen LogP contribution < -0.4 is 0 Å². The van der Waals surface area contributed by atoms with Crippen LogP contribution in [0.5, 0.6) is 5.75 Å². The molecule has 1 aliphatic rings. The van der Waals surface area contributed by atoms with Crippen molar-refractivity contribution in [2.75, 3.05) is 0 Å². The molecule has 1 atom stereocenters. The molecular weight excluding hydrogens is 376 g/mol. The summed E-state index contributed by atoms with van der Waals surface area (Å²) >= 11 is 6.56. The molecule has 0 spiro atoms. The Hall–Kier alpha value is -1.33. The minimum absolute atomic E-state index is 0.126. The quantitative estimate of drug-likeness (QED) is 0.751. The number of rotatable bonds is 1. The molecule has 19 heavy (non-hydrogen) atoms. The number of carbonyl (C=O) groups is 1. The monoisotopic (exact) mass is 382 g/mol. The number of esters is 1. The third-order valence-corrected chi connectivity index (χ3v) is 4.24. The second-order valence-corrected chi connectivity index (χ2v) is 5.91. The maximum absolute atomic E-state index is 11.8. The van der Waals surface area contributed by atoms with E-state index in [0.717, 1.165) is 11.1 Å². The van der Waals surface area contributed by atoms with Gasteiger partial charge in [0.25, 0.3) is 0 Å². The van der Waals surface area contributed by atoms with Gasteiger partial charge < -0.3 is 9.84 Å². The summed E-state index contributed by atoms with van der Waals surface area (Å²) in [5, 5.41) is 9.72. The Bertz CT molecular complexity index is 659. The van der Waals surface area contributed by atoms with Gasteiger partial charge in [-0.2, -0.15) is 0 Å². The molecule has 2 aromatic carbocycles. The zero-order chi connectivity index (χ0) is 13.6. The summed E-state index contributed by atoms with van der Waals surface area (Å²) in [4.78, 5) is 11.8. The van der Waals surface area contributed by atoms with Gasteiger partial charge in [0.05, 0.1) is 14.5 Å². The Kier molecular flexibility index (Phi) is 3.11. The molecule has 1 aliphatic heterocycles. The van der Waals surface area contributed by atoms with Crippen molar-refractivity contribution < 1.29 is 14.6 Å². The maximum atomic E-state index is 11.8. The largest absolute Gasteiger partial charge is 0.506 e. The normalized spacial score (nSPS) is 17.2. The van der Waals surface area contributed by atoms with Crippen LogP contribution in [-0.2, 0) is 4.74 Å². The molecule has 3 rings (SSSR count). The highest BCUT2D eigenvalue weighted by atomic mass is 79.9. The first-order valence-corrected chi connectivity index (χ1v) is 7.14. The Labute approximate surface area is 126 Å². The lowest BCUT2D eigenvalue weighted by Gasteiger charge is -2.13. The molecule has 0 unspecified atom stereocenters. The van der Waals surface area contributed by atoms with E-state index in [4.69, 9.17) is 4.74 Å². The van der Waals surface area contributed by atoms with Crippen LogP contribution in [0.15, 0.2) is 45.3 Å². The smallest absolute Gasteiger partial charge is 0.339 e. The summed E-state index contributed by atoms with van der Waals surface area (Å²) in [7, 11) is 0. The SMILES string of the molecule is O=C1O[C@@H](c2cc(Br)c(O)c(Br)c2)c2ccccc21. The number of phenols is 1. The average molecular weight is 384 g/mol. The van der Waals surface area contributed by atoms with E-state index in [-0.39, 0.29) is 11.7 Å². The van der Waals surface area contributed by atoms with Crippen LogP contribution in [0.3, 0.4) is 0 Å². The molecule has 3 nitrogen and oxygen atoms in total. The van der Waals surface area contributed by atoms with E-state index in [1.807, 2.05) is 18.2 Å². The summed E-state index contributed by atoms with van der Waals surface area (Å²) in [5.74, 6) is -0.192. The van der Waals surface area contributed by atoms with Gasteiger partial charge in [0.2, 0.25) is 0 Å². The van der Waals surface area contributed by atoms with Crippen LogP contribution in [0, 0.1) is 0 Å². The zero-order valence-electron chi connectivity index (χ0n) is 9.56. The summed E-state index contributed by atoms with van der Waals surface area (Å²) in [6.45, 7) is 0. The van der Waals surface area contributed by atoms with Gasteiger partial charge in [-0.1, -0.05) is 18.2 Å². The molecular formula is C14H8Br2O3. The Morgan fingerprint density at radius 3 is 2.42 bits per heavy atom. The maximum Gasteiger partial charge on any atom is 0.339 e. The van der Waals surface area contributed by atoms with E-state index in [9.17, 15) is 9.90 Å². The fraction of sp³-hybridized carbons (Fsp3) is 0.0714. The highest BCUT2D eigenvalue weighted by Crippen LogP contribution is 2.41. The average Bonchev–Trinajstić information content (AvgIpc) is 2.74. The Morgan fingerprint density at radius 1 is 1.11 bits per heavy atom. The topological polar surface area (TPSA) is 46.5 Å². The van der Waals surface area contributed by atoms with Crippen LogP contribution in [-0.4, -0.2) is 11.1 Å². The predicted octanol–water partition coefficient (Wildman–Crippen LogP) is 4.18. The van der Waals surface area contributed by atoms with Crippen LogP contribution in [0.25, 0.3) is 0 Å². The highest BCUT2D eigenvalue weighted by Gasteiger charge is 2.32. The molecule has 0 saturated carbocycles. The van der Waals surface area contributed by atoms with Crippen molar-refractivity contribution in [3.05, 3.63) is 62.0 Å². The fourth-order valence-corrected chi connectivity index (χ4v) is 3.35. The second kappa shape index (κ2) is 4.65. The van der Waals surface area contributed by atoms with Gasteiger partial charge in [0, 0.05) is 5.56 Å². The molecule has 0 radical (unpaired) electrons. The van der Waals surface area contributed by atoms with Gasteiger partial charge in [0.1, 0.15) is 5.75 Å². The molecule has 0 fully saturated rings. The van der Waals surface area contributed by atoms with E-state index < -0.39 is 6.10 Å². The van der Waals surface area contributed by atoms with E-state index >= 15 is 0 Å². The number of ether oxygens (including phenoxy) is 1. The van der Waals surface area contributed by atoms with Crippen LogP contribution >= 0.6 is 31.9 Å². The Morgan fingerprint density at radius 2 is 1.74 bits per heavy atom. The molecule has 5 heteroatoms. The first-order chi connectivity index (χ1) is 9.08. The minimum Gasteiger partial charge on any atom is -0.506 e. The number of halogens is 2. The lowest BCUT2D eigenvalue weighted by atomic mass is 9.99. The lowest BCUT2D eigenvalue weighted by molar-refractivity contribution is 0.0455. The van der Waals surface area contributed by atoms with Crippen molar-refractivity contribution in [3.63, 3.8) is 0 Å². The van der Waals surface area contributed by atoms with Gasteiger partial charge in [-0.05, 0) is 55.6 Å². The number of aromatic hydroxyl groups is 1. The summed E-state index contributed by atoms with van der Waals surface area (Å²) in [5.41, 5.74) is 2.24. The summed E-state index contributed by atoms with van der Waals surface area (Å²) in [6, 6.07) is 10.8. The molecule has 1 heterocycles. The lowest BCUT2D eigenvalue weighted by Crippen LogP contribution is -2.01. The van der Waals surface area contributed by atoms with Crippen LogP contribution in [0.2, 0.25) is 0 Å². The van der Waals surface area contributed by atoms with Crippen molar-refractivity contribution in [1.29, 1.82) is 0 Å². The standard InChI is InChI=1S/C14H8Br2O3/c15-10-5-7(6-11(16)12(10)17)13-8-3-1-2-4-9(8)14(18)19-13/h1-6,13,17H/t13-/m0/s1. The number of cyclic esters (lactones) is 1. The van der Waals surface area contributed by atoms with Gasteiger partial charge in [-0.25, -0.2) is 4.79 Å². The summed E-state index contributed by atoms with van der Waals surface area (Å²) < 4.78 is 6.51. The molecule has 96 valence electrons. The van der Waals surface area contributed by atoms with Crippen molar-refractivity contribution in [3.8, 4) is 5.75 Å². The summed E-state index contributed by atoms with van der Waals surface area (Å²) in [6.07, 6.45) is -0.433. The zero-order valence-corrected chi connectivity index (χ0v) is 12.7. The van der Waals surface area contributed by atoms with Crippen molar-refractivity contribution in [2.24, 2.45) is 0 Å². The highest BCUT2D eigenvalue weighted by molar-refractivity contribution is 9.11. The van der Waals surface area contributed by atoms with Gasteiger partial charge in [0.15, 0.2) is 6.10 Å². The number of hydrogen-bond acceptors (Lipinski definition) is 3. The fourth-order valence-electron chi connectivity index (χ4n) is 2.13. The number of fused-ring (bicyclic) bond motifs is 1. The van der Waals surface area contributed by atoms with Gasteiger partial charge in [-0.15, -0.1) is 0 Å². The molecule has 1 N–H and O–H groups in total. The number of carbonyl (C=O) groups excluding carboxylic acids is 1. The van der Waals surface area contributed by atoms with E-state index in [2.05, 4.69) is 31.9 Å². The molecule has 0 amide bonds. The first kappa shape index (κ1) is 12.7. The molecule has 0 aliphatic carbocycles. The number of hydrogen-bond donors (Lipinski definition) is 1. The predicted molar refractivity (Wildman–Crippen MR) is 77.2 cm³/mol. The van der Waals surface area contributed by atoms with E-state index in [1.165, 1.54) is 0 Å². The number of benzene rings is 2. The van der Waals surface area contributed by atoms with Crippen LogP contribution in [0.1, 0.15) is 27.6 Å². The van der Waals surface area contributed by atoms with Crippen molar-refractivity contribution >= 4 is 37.8 Å². The third kappa shape index (κ3) is 2.07. The minimum atomic E-state index is -0.433. The Balaban J connectivity index is 2.12. The van der Waals surface area contributed by atoms with Gasteiger partial charge in [-0.3, -0.25) is 0 Å². The third-order valence-electron chi connectivity index (χ3n) is 3.03. The second-order valence-electron chi connectivity index (χ2n) is 4.21. The molecule has 0 bridgehead atoms.